The number of para-hydroxylation sites is 1. The Hall–Kier alpha value is -4.01. The van der Waals surface area contributed by atoms with E-state index in [-0.39, 0.29) is 23.1 Å². The van der Waals surface area contributed by atoms with Gasteiger partial charge in [0.1, 0.15) is 11.9 Å². The highest BCUT2D eigenvalue weighted by Crippen LogP contribution is 2.69. The van der Waals surface area contributed by atoms with E-state index < -0.39 is 31.8 Å². The number of hydrogen-bond acceptors (Lipinski definition) is 9. The molecule has 5 aliphatic heterocycles. The van der Waals surface area contributed by atoms with E-state index in [0.717, 1.165) is 29.7 Å². The fourth-order valence-corrected chi connectivity index (χ4v) is 12.6. The molecule has 4 aromatic rings. The van der Waals surface area contributed by atoms with Crippen molar-refractivity contribution in [3.63, 3.8) is 0 Å². The maximum absolute atomic E-state index is 14.6. The summed E-state index contributed by atoms with van der Waals surface area (Å²) >= 11 is 0. The first-order valence-electron chi connectivity index (χ1n) is 15.5. The number of carbonyl (C=O) groups excluding carboxylic acids is 2. The van der Waals surface area contributed by atoms with Gasteiger partial charge in [-0.05, 0) is 47.9 Å². The number of anilines is 1. The van der Waals surface area contributed by atoms with Crippen molar-refractivity contribution in [3.8, 4) is 5.75 Å². The number of amides is 2. The van der Waals surface area contributed by atoms with Crippen LogP contribution in [0.2, 0.25) is 0 Å². The maximum Gasteiger partial charge on any atom is 0.266 e. The molecule has 14 heteroatoms. The van der Waals surface area contributed by atoms with Crippen LogP contribution in [-0.2, 0) is 38.0 Å². The number of aryl methyl sites for hydroxylation is 2. The predicted molar refractivity (Wildman–Crippen MR) is 179 cm³/mol. The van der Waals surface area contributed by atoms with Gasteiger partial charge in [0.25, 0.3) is 21.8 Å². The molecule has 4 atom stereocenters. The molecule has 0 saturated carbocycles. The molecule has 0 unspecified atom stereocenters. The molecule has 5 aliphatic rings. The van der Waals surface area contributed by atoms with Gasteiger partial charge in [0, 0.05) is 32.6 Å². The van der Waals surface area contributed by atoms with Crippen LogP contribution in [-0.4, -0.2) is 75.1 Å². The summed E-state index contributed by atoms with van der Waals surface area (Å²) in [6, 6.07) is 23.3. The third-order valence-corrected chi connectivity index (χ3v) is 14.6. The Balaban J connectivity index is 1.20. The van der Waals surface area contributed by atoms with Crippen LogP contribution in [0.25, 0.3) is 0 Å². The number of ether oxygens (including phenoxy) is 1. The maximum atomic E-state index is 14.6. The van der Waals surface area contributed by atoms with Gasteiger partial charge < -0.3 is 9.64 Å². The van der Waals surface area contributed by atoms with Crippen molar-refractivity contribution in [2.24, 2.45) is 0 Å². The molecule has 2 amide bonds. The van der Waals surface area contributed by atoms with Gasteiger partial charge in [-0.2, -0.15) is 0 Å². The molecule has 9 rings (SSSR count). The van der Waals surface area contributed by atoms with Crippen molar-refractivity contribution < 1.29 is 22.7 Å². The second-order valence-corrected chi connectivity index (χ2v) is 16.5. The second kappa shape index (κ2) is 11.0. The fraction of sp³-hybridized carbons (Fsp3) is 0.333. The summed E-state index contributed by atoms with van der Waals surface area (Å²) in [6.07, 6.45) is 2.75. The van der Waals surface area contributed by atoms with Gasteiger partial charge in [-0.25, -0.2) is 12.7 Å². The SMILES string of the molecule is CCc1cn(CCCOc2ccc([C@]34C[C@@]56SS[C@@H](C(=O)N5[C@H]3N(S(=O)(=O)c3ccccc3)c3ccccc34)N(C)C6=O)cc2)nn1. The molecule has 242 valence electrons. The largest absolute Gasteiger partial charge is 0.494 e. The molecule has 0 aliphatic carbocycles. The minimum absolute atomic E-state index is 0.118. The predicted octanol–water partition coefficient (Wildman–Crippen LogP) is 4.25. The van der Waals surface area contributed by atoms with E-state index in [1.807, 2.05) is 60.3 Å². The highest BCUT2D eigenvalue weighted by Gasteiger charge is 2.77. The molecule has 1 spiro atoms. The minimum atomic E-state index is -4.16. The Kier molecular flexibility index (Phi) is 7.12. The Labute approximate surface area is 280 Å². The summed E-state index contributed by atoms with van der Waals surface area (Å²) in [5.74, 6) is 0.218. The van der Waals surface area contributed by atoms with E-state index in [2.05, 4.69) is 10.3 Å². The summed E-state index contributed by atoms with van der Waals surface area (Å²) < 4.78 is 38.5. The van der Waals surface area contributed by atoms with Gasteiger partial charge in [0.15, 0.2) is 10.2 Å². The zero-order chi connectivity index (χ0) is 32.6. The Morgan fingerprint density at radius 2 is 1.74 bits per heavy atom. The second-order valence-electron chi connectivity index (χ2n) is 12.1. The van der Waals surface area contributed by atoms with Crippen LogP contribution in [0, 0.1) is 0 Å². The lowest BCUT2D eigenvalue weighted by Gasteiger charge is -2.53. The number of nitrogens with zero attached hydrogens (tertiary/aromatic N) is 6. The lowest BCUT2D eigenvalue weighted by atomic mass is 9.72. The van der Waals surface area contributed by atoms with Gasteiger partial charge in [0.05, 0.1) is 28.3 Å². The first-order chi connectivity index (χ1) is 22.7. The van der Waals surface area contributed by atoms with Gasteiger partial charge in [-0.3, -0.25) is 19.2 Å². The van der Waals surface area contributed by atoms with Crippen LogP contribution in [0.15, 0.2) is 90.0 Å². The molecule has 0 N–H and O–H groups in total. The lowest BCUT2D eigenvalue weighted by molar-refractivity contribution is -0.158. The number of benzene rings is 3. The molecule has 0 radical (unpaired) electrons. The summed E-state index contributed by atoms with van der Waals surface area (Å²) in [6.45, 7) is 3.20. The first kappa shape index (κ1) is 30.3. The number of carbonyl (C=O) groups is 2. The van der Waals surface area contributed by atoms with Crippen LogP contribution < -0.4 is 9.04 Å². The molecule has 47 heavy (non-hydrogen) atoms. The molecule has 1 aromatic heterocycles. The Morgan fingerprint density at radius 1 is 1.00 bits per heavy atom. The third-order valence-electron chi connectivity index (χ3n) is 9.59. The molecule has 11 nitrogen and oxygen atoms in total. The van der Waals surface area contributed by atoms with Crippen LogP contribution in [0.3, 0.4) is 0 Å². The smallest absolute Gasteiger partial charge is 0.266 e. The highest BCUT2D eigenvalue weighted by atomic mass is 33.1. The molecule has 6 heterocycles. The van der Waals surface area contributed by atoms with E-state index in [9.17, 15) is 18.0 Å². The standard InChI is InChI=1S/C33H32N6O5S3/c1-3-23-20-37(35-34-23)18-9-19-44-24-16-14-22(15-17-24)32-21-33-31(41)36(2)29(45-46-33)28(40)38(33)30(32)39(27-13-8-7-12-26(27)32)47(42,43)25-10-5-4-6-11-25/h4-8,10-17,20,29-30H,3,9,18-19,21H2,1-2H3/t29-,30-,32-,33-/m0/s1. The summed E-state index contributed by atoms with van der Waals surface area (Å²) in [7, 11) is 0.229. The number of aromatic nitrogens is 3. The van der Waals surface area contributed by atoms with Crippen LogP contribution in [0.4, 0.5) is 5.69 Å². The van der Waals surface area contributed by atoms with Crippen molar-refractivity contribution in [1.29, 1.82) is 0 Å². The van der Waals surface area contributed by atoms with Crippen molar-refractivity contribution in [2.75, 3.05) is 18.0 Å². The molecule has 4 saturated heterocycles. The average molecular weight is 689 g/mol. The molecule has 3 aromatic carbocycles. The average Bonchev–Trinajstić information content (AvgIpc) is 3.76. The number of likely N-dealkylation sites (N-methyl/N-ethyl adjacent to an activating group) is 1. The molecular weight excluding hydrogens is 657 g/mol. The zero-order valence-corrected chi connectivity index (χ0v) is 28.2. The normalized spacial score (nSPS) is 26.0. The van der Waals surface area contributed by atoms with Gasteiger partial charge >= 0.3 is 0 Å². The monoisotopic (exact) mass is 688 g/mol. The zero-order valence-electron chi connectivity index (χ0n) is 25.7. The van der Waals surface area contributed by atoms with Crippen LogP contribution in [0.5, 0.6) is 5.75 Å². The summed E-state index contributed by atoms with van der Waals surface area (Å²) in [5, 5.41) is 7.54. The van der Waals surface area contributed by atoms with Gasteiger partial charge in [-0.1, -0.05) is 82.3 Å². The van der Waals surface area contributed by atoms with Gasteiger partial charge in [-0.15, -0.1) is 5.10 Å². The summed E-state index contributed by atoms with van der Waals surface area (Å²) in [4.78, 5) is 30.3. The Bertz CT molecular complexity index is 1990. The van der Waals surface area contributed by atoms with Crippen molar-refractivity contribution in [3.05, 3.63) is 102 Å². The van der Waals surface area contributed by atoms with Crippen molar-refractivity contribution in [1.82, 2.24) is 24.8 Å². The number of sulfonamides is 1. The van der Waals surface area contributed by atoms with E-state index in [4.69, 9.17) is 4.74 Å². The number of fused-ring (bicyclic) bond motifs is 5. The van der Waals surface area contributed by atoms with Gasteiger partial charge in [0.2, 0.25) is 0 Å². The van der Waals surface area contributed by atoms with E-state index in [1.54, 1.807) is 48.3 Å². The molecule has 2 bridgehead atoms. The van der Waals surface area contributed by atoms with E-state index >= 15 is 0 Å². The molecular formula is C33H32N6O5S3. The Morgan fingerprint density at radius 3 is 2.49 bits per heavy atom. The summed E-state index contributed by atoms with van der Waals surface area (Å²) in [5.41, 5.74) is 2.00. The highest BCUT2D eigenvalue weighted by molar-refractivity contribution is 8.78. The van der Waals surface area contributed by atoms with Crippen LogP contribution in [0.1, 0.15) is 36.6 Å². The number of rotatable bonds is 9. The lowest BCUT2D eigenvalue weighted by Crippen LogP contribution is -2.72. The van der Waals surface area contributed by atoms with E-state index in [0.29, 0.717) is 24.6 Å². The van der Waals surface area contributed by atoms with Crippen molar-refractivity contribution >= 4 is 49.1 Å². The van der Waals surface area contributed by atoms with Crippen LogP contribution >= 0.6 is 21.6 Å². The number of piperazine rings is 1. The quantitative estimate of drug-likeness (QED) is 0.188. The molecule has 4 fully saturated rings. The third kappa shape index (κ3) is 4.30. The first-order valence-corrected chi connectivity index (χ1v) is 19.1. The number of hydrogen-bond donors (Lipinski definition) is 0. The van der Waals surface area contributed by atoms with E-state index in [1.165, 1.54) is 30.8 Å². The topological polar surface area (TPSA) is 118 Å². The fourth-order valence-electron chi connectivity index (χ4n) is 7.42. The van der Waals surface area contributed by atoms with Crippen molar-refractivity contribution in [2.45, 2.75) is 59.5 Å². The minimum Gasteiger partial charge on any atom is -0.494 e.